The standard InChI is InChI=1S/C10H14IN3O2/c1-12-7-3-2-5-13-6-4-8(9(11)15)14(13)10(7)16/h4,7,12H,2-3,5-6H2,1H3. The van der Waals surface area contributed by atoms with Crippen molar-refractivity contribution in [3.8, 4) is 0 Å². The normalized spacial score (nSPS) is 26.4. The van der Waals surface area contributed by atoms with E-state index in [1.165, 1.54) is 0 Å². The number of fused-ring (bicyclic) bond motifs is 1. The smallest absolute Gasteiger partial charge is 0.258 e. The van der Waals surface area contributed by atoms with E-state index in [9.17, 15) is 9.59 Å². The molecule has 1 amide bonds. The molecule has 1 saturated heterocycles. The number of carbonyl (C=O) groups is 2. The van der Waals surface area contributed by atoms with Crippen molar-refractivity contribution in [1.29, 1.82) is 0 Å². The molecule has 0 saturated carbocycles. The van der Waals surface area contributed by atoms with Crippen LogP contribution in [0.5, 0.6) is 0 Å². The van der Waals surface area contributed by atoms with Crippen LogP contribution in [0.4, 0.5) is 0 Å². The second-order valence-electron chi connectivity index (χ2n) is 3.91. The molecule has 1 atom stereocenters. The monoisotopic (exact) mass is 335 g/mol. The van der Waals surface area contributed by atoms with Crippen LogP contribution in [0.25, 0.3) is 0 Å². The Labute approximate surface area is 108 Å². The summed E-state index contributed by atoms with van der Waals surface area (Å²) in [6, 6.07) is -0.178. The lowest BCUT2D eigenvalue weighted by molar-refractivity contribution is -0.143. The number of amides is 1. The summed E-state index contributed by atoms with van der Waals surface area (Å²) in [6.07, 6.45) is 3.61. The van der Waals surface area contributed by atoms with E-state index in [1.54, 1.807) is 34.6 Å². The number of hydrazine groups is 1. The highest BCUT2D eigenvalue weighted by Crippen LogP contribution is 2.25. The van der Waals surface area contributed by atoms with Crippen molar-refractivity contribution in [3.63, 3.8) is 0 Å². The summed E-state index contributed by atoms with van der Waals surface area (Å²) in [6.45, 7) is 1.49. The Morgan fingerprint density at radius 3 is 3.00 bits per heavy atom. The summed E-state index contributed by atoms with van der Waals surface area (Å²) in [7, 11) is 1.78. The number of hydrogen-bond donors (Lipinski definition) is 1. The lowest BCUT2D eigenvalue weighted by Gasteiger charge is -2.28. The van der Waals surface area contributed by atoms with E-state index in [2.05, 4.69) is 5.32 Å². The maximum atomic E-state index is 12.2. The van der Waals surface area contributed by atoms with Crippen LogP contribution < -0.4 is 5.32 Å². The zero-order valence-electron chi connectivity index (χ0n) is 9.07. The molecule has 0 aromatic rings. The molecule has 16 heavy (non-hydrogen) atoms. The van der Waals surface area contributed by atoms with Crippen LogP contribution in [0.1, 0.15) is 12.8 Å². The molecule has 0 aliphatic carbocycles. The fourth-order valence-electron chi connectivity index (χ4n) is 2.14. The summed E-state index contributed by atoms with van der Waals surface area (Å²) < 4.78 is -0.0785. The number of nitrogens with one attached hydrogen (secondary N) is 1. The van der Waals surface area contributed by atoms with Gasteiger partial charge in [-0.3, -0.25) is 9.59 Å². The fourth-order valence-corrected chi connectivity index (χ4v) is 2.59. The topological polar surface area (TPSA) is 52.7 Å². The van der Waals surface area contributed by atoms with Crippen molar-refractivity contribution in [2.24, 2.45) is 0 Å². The Hall–Kier alpha value is -0.470. The van der Waals surface area contributed by atoms with Gasteiger partial charge in [-0.2, -0.15) is 0 Å². The third-order valence-electron chi connectivity index (χ3n) is 2.97. The van der Waals surface area contributed by atoms with E-state index < -0.39 is 0 Å². The van der Waals surface area contributed by atoms with Crippen molar-refractivity contribution >= 4 is 32.3 Å². The molecule has 2 aliphatic heterocycles. The van der Waals surface area contributed by atoms with Gasteiger partial charge in [0.2, 0.25) is 3.79 Å². The maximum absolute atomic E-state index is 12.2. The molecule has 1 unspecified atom stereocenters. The van der Waals surface area contributed by atoms with Gasteiger partial charge in [-0.25, -0.2) is 10.0 Å². The van der Waals surface area contributed by atoms with Crippen LogP contribution in [0.15, 0.2) is 11.8 Å². The quantitative estimate of drug-likeness (QED) is 0.582. The summed E-state index contributed by atoms with van der Waals surface area (Å²) in [5.41, 5.74) is 0.507. The molecule has 0 aromatic carbocycles. The summed E-state index contributed by atoms with van der Waals surface area (Å²) in [5, 5.41) is 6.49. The van der Waals surface area contributed by atoms with Crippen LogP contribution in [-0.4, -0.2) is 45.9 Å². The number of carbonyl (C=O) groups excluding carboxylic acids is 2. The van der Waals surface area contributed by atoms with Gasteiger partial charge in [0.15, 0.2) is 0 Å². The second kappa shape index (κ2) is 4.80. The summed E-state index contributed by atoms with van der Waals surface area (Å²) in [5.74, 6) is -0.0197. The molecule has 0 bridgehead atoms. The number of allylic oxidation sites excluding steroid dienone is 1. The average molecular weight is 335 g/mol. The van der Waals surface area contributed by atoms with Crippen LogP contribution in [0.2, 0.25) is 0 Å². The van der Waals surface area contributed by atoms with Gasteiger partial charge in [-0.05, 0) is 26.0 Å². The van der Waals surface area contributed by atoms with Gasteiger partial charge < -0.3 is 5.32 Å². The third kappa shape index (κ3) is 2.01. The second-order valence-corrected chi connectivity index (χ2v) is 4.89. The van der Waals surface area contributed by atoms with Crippen molar-refractivity contribution in [3.05, 3.63) is 11.8 Å². The Balaban J connectivity index is 2.26. The molecule has 5 nitrogen and oxygen atoms in total. The molecule has 0 radical (unpaired) electrons. The van der Waals surface area contributed by atoms with Crippen LogP contribution >= 0.6 is 22.6 Å². The molecular weight excluding hydrogens is 321 g/mol. The van der Waals surface area contributed by atoms with Crippen LogP contribution in [0, 0.1) is 0 Å². The van der Waals surface area contributed by atoms with Crippen molar-refractivity contribution in [2.45, 2.75) is 18.9 Å². The first-order valence-electron chi connectivity index (χ1n) is 5.31. The van der Waals surface area contributed by atoms with Crippen LogP contribution in [0.3, 0.4) is 0 Å². The Morgan fingerprint density at radius 2 is 2.38 bits per heavy atom. The van der Waals surface area contributed by atoms with Gasteiger partial charge in [-0.1, -0.05) is 0 Å². The largest absolute Gasteiger partial charge is 0.309 e. The highest BCUT2D eigenvalue weighted by atomic mass is 127. The molecule has 2 aliphatic rings. The van der Waals surface area contributed by atoms with E-state index in [-0.39, 0.29) is 15.7 Å². The maximum Gasteiger partial charge on any atom is 0.258 e. The number of nitrogens with zero attached hydrogens (tertiary/aromatic N) is 2. The van der Waals surface area contributed by atoms with Crippen molar-refractivity contribution in [2.75, 3.05) is 20.1 Å². The molecule has 2 rings (SSSR count). The minimum atomic E-state index is -0.178. The van der Waals surface area contributed by atoms with Crippen LogP contribution in [-0.2, 0) is 9.59 Å². The fraction of sp³-hybridized carbons (Fsp3) is 0.600. The van der Waals surface area contributed by atoms with E-state index in [4.69, 9.17) is 0 Å². The lowest BCUT2D eigenvalue weighted by Crippen LogP contribution is -2.48. The van der Waals surface area contributed by atoms with Gasteiger partial charge in [-0.15, -0.1) is 0 Å². The van der Waals surface area contributed by atoms with Gasteiger partial charge in [0, 0.05) is 35.7 Å². The third-order valence-corrected chi connectivity index (χ3v) is 3.52. The predicted octanol–water partition coefficient (Wildman–Crippen LogP) is 0.273. The average Bonchev–Trinajstić information content (AvgIpc) is 2.61. The lowest BCUT2D eigenvalue weighted by atomic mass is 10.1. The van der Waals surface area contributed by atoms with Crippen molar-refractivity contribution in [1.82, 2.24) is 15.3 Å². The van der Waals surface area contributed by atoms with Gasteiger partial charge in [0.1, 0.15) is 5.70 Å². The first-order valence-corrected chi connectivity index (χ1v) is 6.39. The minimum absolute atomic E-state index is 0.0197. The number of rotatable bonds is 2. The van der Waals surface area contributed by atoms with E-state index >= 15 is 0 Å². The van der Waals surface area contributed by atoms with E-state index in [0.717, 1.165) is 19.4 Å². The summed E-state index contributed by atoms with van der Waals surface area (Å²) >= 11 is 1.73. The van der Waals surface area contributed by atoms with Gasteiger partial charge in [0.05, 0.1) is 6.04 Å². The molecular formula is C10H14IN3O2. The Kier molecular flexibility index (Phi) is 3.60. The zero-order valence-corrected chi connectivity index (χ0v) is 11.2. The molecule has 88 valence electrons. The molecule has 1 fully saturated rings. The van der Waals surface area contributed by atoms with Crippen molar-refractivity contribution < 1.29 is 9.59 Å². The van der Waals surface area contributed by atoms with Gasteiger partial charge >= 0.3 is 0 Å². The highest BCUT2D eigenvalue weighted by molar-refractivity contribution is 14.1. The molecule has 0 spiro atoms. The molecule has 1 N–H and O–H groups in total. The number of likely N-dealkylation sites (N-methyl/N-ethyl adjacent to an activating group) is 1. The first kappa shape index (κ1) is 12.0. The minimum Gasteiger partial charge on any atom is -0.309 e. The number of halogens is 1. The highest BCUT2D eigenvalue weighted by Gasteiger charge is 2.37. The molecule has 2 heterocycles. The van der Waals surface area contributed by atoms with Gasteiger partial charge in [0.25, 0.3) is 5.91 Å². The van der Waals surface area contributed by atoms with E-state index in [1.807, 2.05) is 11.1 Å². The SMILES string of the molecule is CNC1CCCN2CC=C(C(=O)I)N2C1=O. The molecule has 0 aromatic heterocycles. The summed E-state index contributed by atoms with van der Waals surface area (Å²) in [4.78, 5) is 23.6. The van der Waals surface area contributed by atoms with E-state index in [0.29, 0.717) is 12.2 Å². The zero-order chi connectivity index (χ0) is 11.7. The Morgan fingerprint density at radius 1 is 1.62 bits per heavy atom. The first-order chi connectivity index (χ1) is 7.65. The Bertz CT molecular complexity index is 356. The number of hydrogen-bond acceptors (Lipinski definition) is 4. The predicted molar refractivity (Wildman–Crippen MR) is 67.6 cm³/mol. The molecule has 6 heteroatoms.